The first-order valence-electron chi connectivity index (χ1n) is 8.59. The number of rotatable bonds is 4. The van der Waals surface area contributed by atoms with Crippen LogP contribution in [0.25, 0.3) is 0 Å². The van der Waals surface area contributed by atoms with E-state index in [0.29, 0.717) is 12.1 Å². The van der Waals surface area contributed by atoms with Crippen LogP contribution in [0.5, 0.6) is 0 Å². The number of anilines is 1. The molecule has 0 fully saturated rings. The molecule has 0 bridgehead atoms. The summed E-state index contributed by atoms with van der Waals surface area (Å²) in [5.74, 6) is -1.02. The molecule has 0 spiro atoms. The van der Waals surface area contributed by atoms with E-state index < -0.39 is 21.9 Å². The van der Waals surface area contributed by atoms with Crippen LogP contribution in [0.15, 0.2) is 47.4 Å². The SMILES string of the molecule is Cc1ccc(S(C)(=O)=O)cc1C(=O)O[C@@H](C)C(=O)N1CCc2ccccc21. The highest BCUT2D eigenvalue weighted by molar-refractivity contribution is 7.90. The zero-order valence-corrected chi connectivity index (χ0v) is 16.2. The van der Waals surface area contributed by atoms with Gasteiger partial charge < -0.3 is 9.64 Å². The number of sulfone groups is 1. The zero-order valence-electron chi connectivity index (χ0n) is 15.4. The Morgan fingerprint density at radius 1 is 1.15 bits per heavy atom. The number of esters is 1. The number of hydrogen-bond donors (Lipinski definition) is 0. The fraction of sp³-hybridized carbons (Fsp3) is 0.300. The van der Waals surface area contributed by atoms with Crippen molar-refractivity contribution >= 4 is 27.4 Å². The van der Waals surface area contributed by atoms with Gasteiger partial charge in [-0.05, 0) is 49.6 Å². The maximum absolute atomic E-state index is 12.7. The van der Waals surface area contributed by atoms with E-state index in [1.54, 1.807) is 17.9 Å². The van der Waals surface area contributed by atoms with Crippen molar-refractivity contribution in [1.82, 2.24) is 0 Å². The van der Waals surface area contributed by atoms with Gasteiger partial charge in [0.2, 0.25) is 0 Å². The lowest BCUT2D eigenvalue weighted by atomic mass is 10.1. The minimum absolute atomic E-state index is 0.0347. The van der Waals surface area contributed by atoms with Crippen LogP contribution in [0.3, 0.4) is 0 Å². The summed E-state index contributed by atoms with van der Waals surface area (Å²) in [5, 5.41) is 0. The molecule has 0 aromatic heterocycles. The molecule has 27 heavy (non-hydrogen) atoms. The Labute approximate surface area is 158 Å². The second-order valence-corrected chi connectivity index (χ2v) is 8.68. The number of carbonyl (C=O) groups is 2. The first-order valence-corrected chi connectivity index (χ1v) is 10.5. The Bertz CT molecular complexity index is 1010. The number of fused-ring (bicyclic) bond motifs is 1. The molecule has 1 aliphatic rings. The summed E-state index contributed by atoms with van der Waals surface area (Å²) in [5.41, 5.74) is 2.64. The van der Waals surface area contributed by atoms with Gasteiger partial charge in [-0.25, -0.2) is 13.2 Å². The van der Waals surface area contributed by atoms with Gasteiger partial charge in [0.15, 0.2) is 15.9 Å². The van der Waals surface area contributed by atoms with Crippen molar-refractivity contribution in [2.24, 2.45) is 0 Å². The maximum Gasteiger partial charge on any atom is 0.339 e. The molecule has 0 unspecified atom stereocenters. The molecule has 0 saturated carbocycles. The summed E-state index contributed by atoms with van der Waals surface area (Å²) < 4.78 is 28.8. The number of ether oxygens (including phenoxy) is 1. The molecule has 1 aliphatic heterocycles. The van der Waals surface area contributed by atoms with Crippen molar-refractivity contribution in [1.29, 1.82) is 0 Å². The zero-order chi connectivity index (χ0) is 19.8. The third-order valence-electron chi connectivity index (χ3n) is 4.64. The predicted molar refractivity (Wildman–Crippen MR) is 102 cm³/mol. The molecular formula is C20H21NO5S. The molecule has 142 valence electrons. The molecule has 2 aromatic carbocycles. The van der Waals surface area contributed by atoms with Crippen LogP contribution < -0.4 is 4.90 Å². The number of benzene rings is 2. The second kappa shape index (κ2) is 7.15. The van der Waals surface area contributed by atoms with E-state index in [2.05, 4.69) is 0 Å². The minimum Gasteiger partial charge on any atom is -0.449 e. The van der Waals surface area contributed by atoms with Gasteiger partial charge in [-0.15, -0.1) is 0 Å². The molecule has 0 N–H and O–H groups in total. The topological polar surface area (TPSA) is 80.7 Å². The minimum atomic E-state index is -3.45. The fourth-order valence-electron chi connectivity index (χ4n) is 3.11. The van der Waals surface area contributed by atoms with Crippen molar-refractivity contribution in [2.45, 2.75) is 31.3 Å². The molecule has 7 heteroatoms. The highest BCUT2D eigenvalue weighted by Gasteiger charge is 2.30. The normalized spacial score (nSPS) is 14.6. The van der Waals surface area contributed by atoms with Gasteiger partial charge in [0.25, 0.3) is 5.91 Å². The van der Waals surface area contributed by atoms with Gasteiger partial charge >= 0.3 is 5.97 Å². The van der Waals surface area contributed by atoms with E-state index in [0.717, 1.165) is 23.9 Å². The third kappa shape index (κ3) is 3.88. The number of para-hydroxylation sites is 1. The van der Waals surface area contributed by atoms with Crippen LogP contribution in [0.1, 0.15) is 28.4 Å². The highest BCUT2D eigenvalue weighted by atomic mass is 32.2. The fourth-order valence-corrected chi connectivity index (χ4v) is 3.76. The van der Waals surface area contributed by atoms with Gasteiger partial charge in [0.1, 0.15) is 0 Å². The summed E-state index contributed by atoms with van der Waals surface area (Å²) in [4.78, 5) is 26.9. The number of hydrogen-bond acceptors (Lipinski definition) is 5. The lowest BCUT2D eigenvalue weighted by Gasteiger charge is -2.22. The predicted octanol–water partition coefficient (Wildman–Crippen LogP) is 2.53. The van der Waals surface area contributed by atoms with E-state index >= 15 is 0 Å². The lowest BCUT2D eigenvalue weighted by molar-refractivity contribution is -0.126. The summed E-state index contributed by atoms with van der Waals surface area (Å²) in [6.07, 6.45) is 0.854. The maximum atomic E-state index is 12.7. The molecule has 6 nitrogen and oxygen atoms in total. The smallest absolute Gasteiger partial charge is 0.339 e. The van der Waals surface area contributed by atoms with Crippen LogP contribution in [0, 0.1) is 6.92 Å². The Hall–Kier alpha value is -2.67. The number of carbonyl (C=O) groups excluding carboxylic acids is 2. The first-order chi connectivity index (χ1) is 12.7. The van der Waals surface area contributed by atoms with E-state index in [9.17, 15) is 18.0 Å². The van der Waals surface area contributed by atoms with E-state index in [1.807, 2.05) is 24.3 Å². The second-order valence-electron chi connectivity index (χ2n) is 6.67. The van der Waals surface area contributed by atoms with E-state index in [4.69, 9.17) is 4.74 Å². The Balaban J connectivity index is 1.78. The van der Waals surface area contributed by atoms with Crippen LogP contribution in [-0.4, -0.2) is 39.2 Å². The standard InChI is InChI=1S/C20H21NO5S/c1-13-8-9-16(27(3,24)25)12-17(13)20(23)26-14(2)19(22)21-11-10-15-6-4-5-7-18(15)21/h4-9,12,14H,10-11H2,1-3H3/t14-/m0/s1. The molecule has 3 rings (SSSR count). The average Bonchev–Trinajstić information content (AvgIpc) is 3.04. The van der Waals surface area contributed by atoms with Crippen LogP contribution in [0.2, 0.25) is 0 Å². The van der Waals surface area contributed by atoms with Crippen molar-refractivity contribution in [3.8, 4) is 0 Å². The van der Waals surface area contributed by atoms with Crippen molar-refractivity contribution in [3.63, 3.8) is 0 Å². The molecule has 1 heterocycles. The lowest BCUT2D eigenvalue weighted by Crippen LogP contribution is -2.39. The average molecular weight is 387 g/mol. The van der Waals surface area contributed by atoms with Crippen molar-refractivity contribution < 1.29 is 22.7 Å². The summed E-state index contributed by atoms with van der Waals surface area (Å²) in [7, 11) is -3.45. The van der Waals surface area contributed by atoms with Gasteiger partial charge in [-0.2, -0.15) is 0 Å². The number of amides is 1. The monoisotopic (exact) mass is 387 g/mol. The summed E-state index contributed by atoms with van der Waals surface area (Å²) in [6.45, 7) is 3.76. The van der Waals surface area contributed by atoms with Crippen molar-refractivity contribution in [2.75, 3.05) is 17.7 Å². The Morgan fingerprint density at radius 2 is 1.85 bits per heavy atom. The van der Waals surface area contributed by atoms with E-state index in [-0.39, 0.29) is 16.4 Å². The van der Waals surface area contributed by atoms with Crippen LogP contribution in [-0.2, 0) is 25.8 Å². The molecule has 1 amide bonds. The molecule has 0 radical (unpaired) electrons. The number of nitrogens with zero attached hydrogens (tertiary/aromatic N) is 1. The van der Waals surface area contributed by atoms with Gasteiger partial charge in [0, 0.05) is 18.5 Å². The molecule has 1 atom stereocenters. The van der Waals surface area contributed by atoms with Gasteiger partial charge in [0.05, 0.1) is 10.5 Å². The Kier molecular flexibility index (Phi) is 5.06. The quantitative estimate of drug-likeness (QED) is 0.753. The van der Waals surface area contributed by atoms with Crippen LogP contribution in [0.4, 0.5) is 5.69 Å². The summed E-state index contributed by atoms with van der Waals surface area (Å²) >= 11 is 0. The summed E-state index contributed by atoms with van der Waals surface area (Å²) in [6, 6.07) is 11.9. The Morgan fingerprint density at radius 3 is 2.56 bits per heavy atom. The molecular weight excluding hydrogens is 366 g/mol. The molecule has 0 aliphatic carbocycles. The first kappa shape index (κ1) is 19.1. The van der Waals surface area contributed by atoms with Crippen LogP contribution >= 0.6 is 0 Å². The number of aryl methyl sites for hydroxylation is 1. The van der Waals surface area contributed by atoms with Gasteiger partial charge in [-0.3, -0.25) is 4.79 Å². The highest BCUT2D eigenvalue weighted by Crippen LogP contribution is 2.28. The van der Waals surface area contributed by atoms with Gasteiger partial charge in [-0.1, -0.05) is 24.3 Å². The molecule has 0 saturated heterocycles. The van der Waals surface area contributed by atoms with E-state index in [1.165, 1.54) is 19.1 Å². The third-order valence-corrected chi connectivity index (χ3v) is 5.75. The molecule has 2 aromatic rings. The van der Waals surface area contributed by atoms with Crippen molar-refractivity contribution in [3.05, 3.63) is 59.2 Å². The largest absolute Gasteiger partial charge is 0.449 e.